The average molecular weight is 405 g/mol. The summed E-state index contributed by atoms with van der Waals surface area (Å²) in [6, 6.07) is 42.6. The van der Waals surface area contributed by atoms with E-state index in [0.717, 1.165) is 5.39 Å². The molecule has 0 atom stereocenters. The van der Waals surface area contributed by atoms with Crippen molar-refractivity contribution in [3.63, 3.8) is 0 Å². The van der Waals surface area contributed by atoms with Crippen LogP contribution in [0.15, 0.2) is 127 Å². The minimum absolute atomic E-state index is 0.0481. The van der Waals surface area contributed by atoms with Crippen LogP contribution < -0.4 is 0 Å². The Labute approximate surface area is 182 Å². The van der Waals surface area contributed by atoms with E-state index in [-0.39, 0.29) is 11.5 Å². The molecule has 0 aromatic heterocycles. The second kappa shape index (κ2) is 9.64. The van der Waals surface area contributed by atoms with Gasteiger partial charge in [0.1, 0.15) is 0 Å². The van der Waals surface area contributed by atoms with Crippen LogP contribution >= 0.6 is 0 Å². The molecule has 0 unspecified atom stereocenters. The lowest BCUT2D eigenvalue weighted by molar-refractivity contribution is 0.408. The van der Waals surface area contributed by atoms with E-state index in [1.54, 1.807) is 12.1 Å². The van der Waals surface area contributed by atoms with Crippen LogP contribution in [-0.2, 0) is 0 Å². The van der Waals surface area contributed by atoms with Crippen LogP contribution in [0.25, 0.3) is 10.8 Å². The molecule has 31 heavy (non-hydrogen) atoms. The number of phenols is 2. The highest BCUT2D eigenvalue weighted by atomic mass is 16.3. The van der Waals surface area contributed by atoms with E-state index in [9.17, 15) is 5.11 Å². The Hall–Kier alpha value is -4.04. The maximum atomic E-state index is 9.41. The van der Waals surface area contributed by atoms with Gasteiger partial charge in [-0.25, -0.2) is 0 Å². The third-order valence-electron chi connectivity index (χ3n) is 5.28. The second-order valence-electron chi connectivity index (χ2n) is 7.32. The van der Waals surface area contributed by atoms with Crippen molar-refractivity contribution < 1.29 is 10.2 Å². The molecule has 0 aliphatic heterocycles. The highest BCUT2D eigenvalue weighted by molar-refractivity contribution is 5.90. The van der Waals surface area contributed by atoms with Crippen molar-refractivity contribution in [2.45, 2.75) is 5.92 Å². The molecule has 0 spiro atoms. The molecule has 2 N–H and O–H groups in total. The van der Waals surface area contributed by atoms with Gasteiger partial charge in [0.25, 0.3) is 0 Å². The highest BCUT2D eigenvalue weighted by Gasteiger charge is 2.15. The molecule has 2 nitrogen and oxygen atoms in total. The predicted octanol–water partition coefficient (Wildman–Crippen LogP) is 7.12. The van der Waals surface area contributed by atoms with E-state index in [0.29, 0.717) is 11.3 Å². The average Bonchev–Trinajstić information content (AvgIpc) is 2.84. The van der Waals surface area contributed by atoms with E-state index in [2.05, 4.69) is 91.0 Å². The minimum Gasteiger partial charge on any atom is -0.504 e. The maximum Gasteiger partial charge on any atom is 0.165 e. The Morgan fingerprint density at radius 1 is 0.419 bits per heavy atom. The van der Waals surface area contributed by atoms with Gasteiger partial charge in [-0.3, -0.25) is 0 Å². The summed E-state index contributed by atoms with van der Waals surface area (Å²) >= 11 is 0. The lowest BCUT2D eigenvalue weighted by Crippen LogP contribution is -2.02. The van der Waals surface area contributed by atoms with Gasteiger partial charge in [-0.05, 0) is 28.1 Å². The van der Waals surface area contributed by atoms with E-state index in [1.807, 2.05) is 18.2 Å². The van der Waals surface area contributed by atoms with Gasteiger partial charge in [-0.15, -0.1) is 0 Å². The molecule has 0 aliphatic rings. The fourth-order valence-electron chi connectivity index (χ4n) is 3.76. The lowest BCUT2D eigenvalue weighted by Gasteiger charge is -2.18. The van der Waals surface area contributed by atoms with Gasteiger partial charge in [0.15, 0.2) is 11.5 Å². The summed E-state index contributed by atoms with van der Waals surface area (Å²) in [5.74, 6) is 0.186. The molecule has 2 heteroatoms. The van der Waals surface area contributed by atoms with Crippen molar-refractivity contribution in [1.29, 1.82) is 0 Å². The van der Waals surface area contributed by atoms with Gasteiger partial charge >= 0.3 is 0 Å². The summed E-state index contributed by atoms with van der Waals surface area (Å²) in [4.78, 5) is 0. The van der Waals surface area contributed by atoms with Crippen LogP contribution in [-0.4, -0.2) is 10.2 Å². The molecule has 5 aromatic rings. The number of hydrogen-bond acceptors (Lipinski definition) is 2. The summed E-state index contributed by atoms with van der Waals surface area (Å²) in [6.07, 6.45) is 0. The Bertz CT molecular complexity index is 1140. The first-order valence-electron chi connectivity index (χ1n) is 10.3. The monoisotopic (exact) mass is 404 g/mol. The SMILES string of the molecule is Oc1ccc2ccccc2c1O.c1ccc(C(c2ccccc2)c2ccccc2)cc1. The third kappa shape index (κ3) is 4.76. The molecule has 5 rings (SSSR count). The van der Waals surface area contributed by atoms with Crippen LogP contribution in [0.2, 0.25) is 0 Å². The molecular weight excluding hydrogens is 380 g/mol. The molecule has 0 aliphatic carbocycles. The standard InChI is InChI=1S/C19H16.C10H8O2/c1-4-10-16(11-5-1)19(17-12-6-2-7-13-17)18-14-8-3-9-15-18;11-9-6-5-7-3-1-2-4-8(7)10(9)12/h1-15,19H;1-6,11-12H. The molecule has 0 fully saturated rings. The van der Waals surface area contributed by atoms with Crippen LogP contribution in [0.4, 0.5) is 0 Å². The van der Waals surface area contributed by atoms with Crippen molar-refractivity contribution in [2.75, 3.05) is 0 Å². The first-order valence-corrected chi connectivity index (χ1v) is 10.3. The Morgan fingerprint density at radius 2 is 0.839 bits per heavy atom. The number of phenolic OH excluding ortho intramolecular Hbond substituents is 2. The predicted molar refractivity (Wildman–Crippen MR) is 128 cm³/mol. The molecular formula is C29H24O2. The van der Waals surface area contributed by atoms with Crippen LogP contribution in [0.5, 0.6) is 11.5 Å². The van der Waals surface area contributed by atoms with E-state index >= 15 is 0 Å². The first kappa shape index (κ1) is 20.2. The summed E-state index contributed by atoms with van der Waals surface area (Å²) in [5.41, 5.74) is 4.00. The van der Waals surface area contributed by atoms with Crippen LogP contribution in [0.3, 0.4) is 0 Å². The molecule has 0 bridgehead atoms. The van der Waals surface area contributed by atoms with Gasteiger partial charge in [0.05, 0.1) is 0 Å². The molecule has 0 saturated carbocycles. The fraction of sp³-hybridized carbons (Fsp3) is 0.0345. The number of rotatable bonds is 3. The van der Waals surface area contributed by atoms with Crippen molar-refractivity contribution >= 4 is 10.8 Å². The number of benzene rings is 5. The first-order chi connectivity index (χ1) is 15.2. The zero-order valence-electron chi connectivity index (χ0n) is 17.1. The Morgan fingerprint density at radius 3 is 1.32 bits per heavy atom. The molecule has 5 aromatic carbocycles. The van der Waals surface area contributed by atoms with E-state index in [4.69, 9.17) is 5.11 Å². The third-order valence-corrected chi connectivity index (χ3v) is 5.28. The zero-order valence-corrected chi connectivity index (χ0v) is 17.1. The lowest BCUT2D eigenvalue weighted by atomic mass is 9.85. The molecule has 0 heterocycles. The highest BCUT2D eigenvalue weighted by Crippen LogP contribution is 2.33. The van der Waals surface area contributed by atoms with Gasteiger partial charge < -0.3 is 10.2 Å². The van der Waals surface area contributed by atoms with Gasteiger partial charge in [-0.2, -0.15) is 0 Å². The van der Waals surface area contributed by atoms with Crippen molar-refractivity contribution in [3.8, 4) is 11.5 Å². The number of aromatic hydroxyl groups is 2. The van der Waals surface area contributed by atoms with Gasteiger partial charge in [0.2, 0.25) is 0 Å². The van der Waals surface area contributed by atoms with E-state index < -0.39 is 0 Å². The Balaban J connectivity index is 0.000000166. The summed E-state index contributed by atoms with van der Waals surface area (Å²) in [7, 11) is 0. The van der Waals surface area contributed by atoms with Crippen molar-refractivity contribution in [3.05, 3.63) is 144 Å². The summed E-state index contributed by atoms with van der Waals surface area (Å²) < 4.78 is 0. The molecule has 0 amide bonds. The number of fused-ring (bicyclic) bond motifs is 1. The topological polar surface area (TPSA) is 40.5 Å². The van der Waals surface area contributed by atoms with Gasteiger partial charge in [-0.1, -0.05) is 121 Å². The minimum atomic E-state index is -0.0753. The molecule has 152 valence electrons. The normalized spacial score (nSPS) is 10.5. The van der Waals surface area contributed by atoms with Gasteiger partial charge in [0, 0.05) is 11.3 Å². The summed E-state index contributed by atoms with van der Waals surface area (Å²) in [6.45, 7) is 0. The zero-order chi connectivity index (χ0) is 21.5. The number of hydrogen-bond donors (Lipinski definition) is 2. The second-order valence-corrected chi connectivity index (χ2v) is 7.32. The molecule has 0 radical (unpaired) electrons. The smallest absolute Gasteiger partial charge is 0.165 e. The quantitative estimate of drug-likeness (QED) is 0.248. The molecule has 0 saturated heterocycles. The van der Waals surface area contributed by atoms with Crippen molar-refractivity contribution in [1.82, 2.24) is 0 Å². The largest absolute Gasteiger partial charge is 0.504 e. The van der Waals surface area contributed by atoms with Crippen molar-refractivity contribution in [2.24, 2.45) is 0 Å². The van der Waals surface area contributed by atoms with E-state index in [1.165, 1.54) is 22.8 Å². The Kier molecular flexibility index (Phi) is 6.29. The van der Waals surface area contributed by atoms with Crippen LogP contribution in [0, 0.1) is 0 Å². The van der Waals surface area contributed by atoms with Crippen LogP contribution in [0.1, 0.15) is 22.6 Å². The maximum absolute atomic E-state index is 9.41. The summed E-state index contributed by atoms with van der Waals surface area (Å²) in [5, 5.41) is 20.2. The fourth-order valence-corrected chi connectivity index (χ4v) is 3.76.